The van der Waals surface area contributed by atoms with Gasteiger partial charge in [0.25, 0.3) is 0 Å². The van der Waals surface area contributed by atoms with E-state index < -0.39 is 0 Å². The largest absolute Gasteiger partial charge is 0.381 e. The zero-order chi connectivity index (χ0) is 12.1. The summed E-state index contributed by atoms with van der Waals surface area (Å²) < 4.78 is 0. The SMILES string of the molecule is Cc1cc(NC(CN)C2CCCCC2)ccn1. The molecule has 1 aliphatic rings. The second-order valence-electron chi connectivity index (χ2n) is 5.07. The molecule has 1 heterocycles. The van der Waals surface area contributed by atoms with E-state index in [1.54, 1.807) is 0 Å². The van der Waals surface area contributed by atoms with Crippen LogP contribution in [0.3, 0.4) is 0 Å². The number of hydrogen-bond donors (Lipinski definition) is 2. The molecule has 3 heteroatoms. The van der Waals surface area contributed by atoms with Crippen LogP contribution in [0.2, 0.25) is 0 Å². The van der Waals surface area contributed by atoms with Crippen LogP contribution in [0.4, 0.5) is 5.69 Å². The monoisotopic (exact) mass is 233 g/mol. The van der Waals surface area contributed by atoms with E-state index in [1.807, 2.05) is 19.2 Å². The van der Waals surface area contributed by atoms with Gasteiger partial charge in [0.2, 0.25) is 0 Å². The molecular weight excluding hydrogens is 210 g/mol. The number of aryl methyl sites for hydroxylation is 1. The standard InChI is InChI=1S/C14H23N3/c1-11-9-13(7-8-16-11)17-14(10-15)12-5-3-2-4-6-12/h7-9,12,14H,2-6,10,15H2,1H3,(H,16,17). The summed E-state index contributed by atoms with van der Waals surface area (Å²) in [5.41, 5.74) is 8.11. The average molecular weight is 233 g/mol. The van der Waals surface area contributed by atoms with E-state index in [1.165, 1.54) is 32.1 Å². The van der Waals surface area contributed by atoms with Gasteiger partial charge in [-0.3, -0.25) is 4.98 Å². The number of anilines is 1. The van der Waals surface area contributed by atoms with Gasteiger partial charge in [0.1, 0.15) is 0 Å². The van der Waals surface area contributed by atoms with Gasteiger partial charge >= 0.3 is 0 Å². The Balaban J connectivity index is 1.98. The van der Waals surface area contributed by atoms with Crippen LogP contribution in [0.5, 0.6) is 0 Å². The highest BCUT2D eigenvalue weighted by atomic mass is 14.9. The molecule has 0 radical (unpaired) electrons. The zero-order valence-electron chi connectivity index (χ0n) is 10.7. The smallest absolute Gasteiger partial charge is 0.0411 e. The molecular formula is C14H23N3. The normalized spacial score (nSPS) is 18.9. The zero-order valence-corrected chi connectivity index (χ0v) is 10.7. The first kappa shape index (κ1) is 12.4. The van der Waals surface area contributed by atoms with Gasteiger partial charge in [-0.25, -0.2) is 0 Å². The lowest BCUT2D eigenvalue weighted by Gasteiger charge is -2.30. The lowest BCUT2D eigenvalue weighted by Crippen LogP contribution is -2.37. The summed E-state index contributed by atoms with van der Waals surface area (Å²) >= 11 is 0. The Kier molecular flexibility index (Phi) is 4.37. The molecule has 3 nitrogen and oxygen atoms in total. The molecule has 1 aromatic rings. The number of rotatable bonds is 4. The molecule has 0 saturated heterocycles. The van der Waals surface area contributed by atoms with Crippen LogP contribution in [0.15, 0.2) is 18.3 Å². The predicted molar refractivity (Wildman–Crippen MR) is 72.0 cm³/mol. The van der Waals surface area contributed by atoms with E-state index in [0.29, 0.717) is 12.6 Å². The van der Waals surface area contributed by atoms with Crippen molar-refractivity contribution in [1.82, 2.24) is 4.98 Å². The summed E-state index contributed by atoms with van der Waals surface area (Å²) in [5, 5.41) is 3.57. The quantitative estimate of drug-likeness (QED) is 0.840. The van der Waals surface area contributed by atoms with Crippen LogP contribution in [0.1, 0.15) is 37.8 Å². The lowest BCUT2D eigenvalue weighted by atomic mass is 9.84. The molecule has 1 saturated carbocycles. The predicted octanol–water partition coefficient (Wildman–Crippen LogP) is 2.71. The Bertz CT molecular complexity index is 345. The molecule has 0 amide bonds. The van der Waals surface area contributed by atoms with Crippen LogP contribution < -0.4 is 11.1 Å². The first-order valence-corrected chi connectivity index (χ1v) is 6.69. The van der Waals surface area contributed by atoms with Crippen molar-refractivity contribution in [3.63, 3.8) is 0 Å². The van der Waals surface area contributed by atoms with Crippen LogP contribution >= 0.6 is 0 Å². The van der Waals surface area contributed by atoms with Crippen molar-refractivity contribution < 1.29 is 0 Å². The van der Waals surface area contributed by atoms with Crippen LogP contribution in [0, 0.1) is 12.8 Å². The maximum absolute atomic E-state index is 5.91. The fourth-order valence-corrected chi connectivity index (χ4v) is 2.76. The van der Waals surface area contributed by atoms with E-state index in [2.05, 4.69) is 16.4 Å². The van der Waals surface area contributed by atoms with E-state index >= 15 is 0 Å². The Morgan fingerprint density at radius 1 is 1.41 bits per heavy atom. The Morgan fingerprint density at radius 2 is 2.18 bits per heavy atom. The van der Waals surface area contributed by atoms with Gasteiger partial charge < -0.3 is 11.1 Å². The fourth-order valence-electron chi connectivity index (χ4n) is 2.76. The maximum atomic E-state index is 5.91. The summed E-state index contributed by atoms with van der Waals surface area (Å²) in [5.74, 6) is 0.738. The first-order chi connectivity index (χ1) is 8.29. The van der Waals surface area contributed by atoms with Gasteiger partial charge in [0.15, 0.2) is 0 Å². The minimum atomic E-state index is 0.414. The van der Waals surface area contributed by atoms with Crippen molar-refractivity contribution in [1.29, 1.82) is 0 Å². The van der Waals surface area contributed by atoms with Crippen LogP contribution in [0.25, 0.3) is 0 Å². The molecule has 0 spiro atoms. The summed E-state index contributed by atoms with van der Waals surface area (Å²) in [4.78, 5) is 4.21. The van der Waals surface area contributed by atoms with Gasteiger partial charge in [-0.2, -0.15) is 0 Å². The van der Waals surface area contributed by atoms with Crippen LogP contribution in [-0.2, 0) is 0 Å². The van der Waals surface area contributed by atoms with Crippen molar-refractivity contribution in [2.24, 2.45) is 11.7 Å². The minimum Gasteiger partial charge on any atom is -0.381 e. The Morgan fingerprint density at radius 3 is 2.82 bits per heavy atom. The molecule has 0 aromatic carbocycles. The van der Waals surface area contributed by atoms with Crippen molar-refractivity contribution >= 4 is 5.69 Å². The van der Waals surface area contributed by atoms with Crippen molar-refractivity contribution in [2.45, 2.75) is 45.1 Å². The van der Waals surface area contributed by atoms with E-state index in [-0.39, 0.29) is 0 Å². The van der Waals surface area contributed by atoms with Gasteiger partial charge in [-0.15, -0.1) is 0 Å². The Hall–Kier alpha value is -1.09. The molecule has 2 rings (SSSR count). The molecule has 1 aliphatic carbocycles. The number of hydrogen-bond acceptors (Lipinski definition) is 3. The van der Waals surface area contributed by atoms with Crippen molar-refractivity contribution in [3.05, 3.63) is 24.0 Å². The second kappa shape index (κ2) is 6.01. The molecule has 1 fully saturated rings. The Labute approximate surface area is 104 Å². The third-order valence-corrected chi connectivity index (χ3v) is 3.72. The molecule has 94 valence electrons. The van der Waals surface area contributed by atoms with Gasteiger partial charge in [0, 0.05) is 30.2 Å². The molecule has 1 unspecified atom stereocenters. The highest BCUT2D eigenvalue weighted by Gasteiger charge is 2.22. The number of nitrogens with two attached hydrogens (primary N) is 1. The molecule has 0 bridgehead atoms. The van der Waals surface area contributed by atoms with E-state index in [0.717, 1.165) is 17.3 Å². The number of nitrogens with zero attached hydrogens (tertiary/aromatic N) is 1. The molecule has 17 heavy (non-hydrogen) atoms. The van der Waals surface area contributed by atoms with E-state index in [9.17, 15) is 0 Å². The topological polar surface area (TPSA) is 50.9 Å². The average Bonchev–Trinajstić information content (AvgIpc) is 2.37. The third kappa shape index (κ3) is 3.43. The lowest BCUT2D eigenvalue weighted by molar-refractivity contribution is 0.320. The number of aromatic nitrogens is 1. The number of nitrogens with one attached hydrogen (secondary N) is 1. The summed E-state index contributed by atoms with van der Waals surface area (Å²) in [6.45, 7) is 2.73. The second-order valence-corrected chi connectivity index (χ2v) is 5.07. The minimum absolute atomic E-state index is 0.414. The summed E-state index contributed by atoms with van der Waals surface area (Å²) in [6, 6.07) is 4.53. The van der Waals surface area contributed by atoms with Gasteiger partial charge in [0.05, 0.1) is 0 Å². The summed E-state index contributed by atoms with van der Waals surface area (Å²) in [6.07, 6.45) is 8.60. The van der Waals surface area contributed by atoms with Gasteiger partial charge in [-0.1, -0.05) is 19.3 Å². The maximum Gasteiger partial charge on any atom is 0.0411 e. The summed E-state index contributed by atoms with van der Waals surface area (Å²) in [7, 11) is 0. The highest BCUT2D eigenvalue weighted by Crippen LogP contribution is 2.27. The molecule has 3 N–H and O–H groups in total. The molecule has 0 aliphatic heterocycles. The van der Waals surface area contributed by atoms with Crippen LogP contribution in [-0.4, -0.2) is 17.6 Å². The third-order valence-electron chi connectivity index (χ3n) is 3.72. The first-order valence-electron chi connectivity index (χ1n) is 6.69. The van der Waals surface area contributed by atoms with Crippen molar-refractivity contribution in [2.75, 3.05) is 11.9 Å². The van der Waals surface area contributed by atoms with E-state index in [4.69, 9.17) is 5.73 Å². The van der Waals surface area contributed by atoms with Crippen molar-refractivity contribution in [3.8, 4) is 0 Å². The van der Waals surface area contributed by atoms with Gasteiger partial charge in [-0.05, 0) is 37.8 Å². The highest BCUT2D eigenvalue weighted by molar-refractivity contribution is 5.44. The molecule has 1 atom stereocenters. The fraction of sp³-hybridized carbons (Fsp3) is 0.643. The number of pyridine rings is 1. The molecule has 1 aromatic heterocycles.